The molecule has 0 saturated carbocycles. The number of nitrogens with zero attached hydrogens (tertiary/aromatic N) is 1. The van der Waals surface area contributed by atoms with E-state index in [9.17, 15) is 8.42 Å². The molecule has 3 N–H and O–H groups in total. The van der Waals surface area contributed by atoms with Gasteiger partial charge >= 0.3 is 0 Å². The minimum absolute atomic E-state index is 0.181. The van der Waals surface area contributed by atoms with E-state index in [1.165, 1.54) is 0 Å². The first kappa shape index (κ1) is 13.7. The van der Waals surface area contributed by atoms with Crippen molar-refractivity contribution in [2.75, 3.05) is 18.9 Å². The zero-order valence-corrected chi connectivity index (χ0v) is 11.8. The number of ether oxygens (including phenoxy) is 1. The Kier molecular flexibility index (Phi) is 4.21. The van der Waals surface area contributed by atoms with Crippen molar-refractivity contribution >= 4 is 26.5 Å². The lowest BCUT2D eigenvalue weighted by Crippen LogP contribution is -2.27. The molecule has 0 aliphatic carbocycles. The number of nitrogens with two attached hydrogens (primary N) is 1. The summed E-state index contributed by atoms with van der Waals surface area (Å²) in [5.41, 5.74) is 5.95. The monoisotopic (exact) mass is 291 g/mol. The lowest BCUT2D eigenvalue weighted by atomic mass is 10.2. The number of rotatable bonds is 5. The Bertz CT molecular complexity index is 506. The molecule has 1 saturated heterocycles. The number of nitrogen functional groups attached to an aromatic ring is 1. The Hall–Kier alpha value is -0.700. The Morgan fingerprint density at radius 2 is 2.39 bits per heavy atom. The summed E-state index contributed by atoms with van der Waals surface area (Å²) >= 11 is 0.989. The molecule has 1 aromatic heterocycles. The molecule has 1 unspecified atom stereocenters. The fourth-order valence-corrected chi connectivity index (χ4v) is 4.33. The van der Waals surface area contributed by atoms with Crippen LogP contribution in [-0.4, -0.2) is 32.7 Å². The van der Waals surface area contributed by atoms with E-state index in [1.54, 1.807) is 6.92 Å². The van der Waals surface area contributed by atoms with Crippen LogP contribution >= 0.6 is 11.3 Å². The van der Waals surface area contributed by atoms with Gasteiger partial charge in [-0.1, -0.05) is 11.3 Å². The maximum Gasteiger partial charge on any atom is 0.252 e. The molecule has 6 nitrogen and oxygen atoms in total. The summed E-state index contributed by atoms with van der Waals surface area (Å²) in [6.45, 7) is 2.80. The summed E-state index contributed by atoms with van der Waals surface area (Å²) < 4.78 is 32.2. The van der Waals surface area contributed by atoms with E-state index in [4.69, 9.17) is 10.5 Å². The van der Waals surface area contributed by atoms with E-state index >= 15 is 0 Å². The fourth-order valence-electron chi connectivity index (χ4n) is 1.94. The largest absolute Gasteiger partial charge is 0.378 e. The zero-order chi connectivity index (χ0) is 13.2. The minimum atomic E-state index is -3.49. The van der Waals surface area contributed by atoms with E-state index in [0.717, 1.165) is 30.8 Å². The standard InChI is InChI=1S/C10H17N3O3S2/c1-7-9(17-10(11)13-7)18(14,15)12-5-4-8-3-2-6-16-8/h8,12H,2-6H2,1H3,(H2,11,13). The number of anilines is 1. The lowest BCUT2D eigenvalue weighted by Gasteiger charge is -2.09. The molecular formula is C10H17N3O3S2. The number of aromatic nitrogens is 1. The Labute approximate surface area is 111 Å². The van der Waals surface area contributed by atoms with Crippen LogP contribution < -0.4 is 10.5 Å². The van der Waals surface area contributed by atoms with Crippen molar-refractivity contribution in [1.82, 2.24) is 9.71 Å². The Morgan fingerprint density at radius 3 is 2.94 bits per heavy atom. The quantitative estimate of drug-likeness (QED) is 0.840. The van der Waals surface area contributed by atoms with Crippen LogP contribution in [0.4, 0.5) is 5.13 Å². The maximum absolute atomic E-state index is 12.0. The van der Waals surface area contributed by atoms with E-state index in [1.807, 2.05) is 0 Å². The highest BCUT2D eigenvalue weighted by Crippen LogP contribution is 2.24. The molecule has 102 valence electrons. The van der Waals surface area contributed by atoms with Crippen LogP contribution in [0.3, 0.4) is 0 Å². The van der Waals surface area contributed by atoms with Gasteiger partial charge in [0.15, 0.2) is 9.34 Å². The number of aryl methyl sites for hydroxylation is 1. The predicted molar refractivity (Wildman–Crippen MR) is 70.0 cm³/mol. The van der Waals surface area contributed by atoms with E-state index in [2.05, 4.69) is 9.71 Å². The molecule has 0 spiro atoms. The van der Waals surface area contributed by atoms with Gasteiger partial charge in [0, 0.05) is 13.2 Å². The van der Waals surface area contributed by atoms with Crippen molar-refractivity contribution in [1.29, 1.82) is 0 Å². The number of thiazole rings is 1. The van der Waals surface area contributed by atoms with Crippen molar-refractivity contribution in [3.63, 3.8) is 0 Å². The summed E-state index contributed by atoms with van der Waals surface area (Å²) in [5, 5.41) is 0.270. The second-order valence-corrected chi connectivity index (χ2v) is 7.24. The smallest absolute Gasteiger partial charge is 0.252 e. The van der Waals surface area contributed by atoms with Gasteiger partial charge in [-0.25, -0.2) is 18.1 Å². The van der Waals surface area contributed by atoms with Gasteiger partial charge in [-0.3, -0.25) is 0 Å². The number of sulfonamides is 1. The van der Waals surface area contributed by atoms with Crippen molar-refractivity contribution in [3.8, 4) is 0 Å². The number of hydrogen-bond donors (Lipinski definition) is 2. The molecule has 1 aliphatic heterocycles. The van der Waals surface area contributed by atoms with Gasteiger partial charge in [0.25, 0.3) is 10.0 Å². The zero-order valence-electron chi connectivity index (χ0n) is 10.2. The topological polar surface area (TPSA) is 94.3 Å². The second kappa shape index (κ2) is 5.52. The van der Waals surface area contributed by atoms with E-state index < -0.39 is 10.0 Å². The Morgan fingerprint density at radius 1 is 1.61 bits per heavy atom. The molecule has 1 aromatic rings. The molecule has 8 heteroatoms. The average molecular weight is 291 g/mol. The van der Waals surface area contributed by atoms with Crippen LogP contribution in [0.25, 0.3) is 0 Å². The average Bonchev–Trinajstić information content (AvgIpc) is 2.88. The molecule has 0 radical (unpaired) electrons. The highest BCUT2D eigenvalue weighted by molar-refractivity contribution is 7.91. The third-order valence-electron chi connectivity index (χ3n) is 2.80. The molecule has 2 heterocycles. The summed E-state index contributed by atoms with van der Waals surface area (Å²) in [7, 11) is -3.49. The van der Waals surface area contributed by atoms with Crippen LogP contribution in [0.5, 0.6) is 0 Å². The lowest BCUT2D eigenvalue weighted by molar-refractivity contribution is 0.105. The molecule has 1 fully saturated rings. The molecular weight excluding hydrogens is 274 g/mol. The van der Waals surface area contributed by atoms with Crippen LogP contribution in [-0.2, 0) is 14.8 Å². The number of hydrogen-bond acceptors (Lipinski definition) is 6. The number of nitrogens with one attached hydrogen (secondary N) is 1. The van der Waals surface area contributed by atoms with Crippen molar-refractivity contribution < 1.29 is 13.2 Å². The van der Waals surface area contributed by atoms with E-state index in [0.29, 0.717) is 18.7 Å². The predicted octanol–water partition coefficient (Wildman–Crippen LogP) is 0.881. The van der Waals surface area contributed by atoms with Gasteiger partial charge in [0.05, 0.1) is 11.8 Å². The molecule has 0 amide bonds. The van der Waals surface area contributed by atoms with Gasteiger partial charge < -0.3 is 10.5 Å². The molecule has 0 aromatic carbocycles. The van der Waals surface area contributed by atoms with Crippen LogP contribution in [0.2, 0.25) is 0 Å². The summed E-state index contributed by atoms with van der Waals surface area (Å²) in [5.74, 6) is 0. The third-order valence-corrected chi connectivity index (χ3v) is 5.85. The van der Waals surface area contributed by atoms with Gasteiger partial charge in [-0.2, -0.15) is 0 Å². The molecule has 0 bridgehead atoms. The van der Waals surface area contributed by atoms with Gasteiger partial charge in [-0.15, -0.1) is 0 Å². The second-order valence-electron chi connectivity index (χ2n) is 4.25. The van der Waals surface area contributed by atoms with Crippen molar-refractivity contribution in [2.24, 2.45) is 0 Å². The molecule has 18 heavy (non-hydrogen) atoms. The Balaban J connectivity index is 1.93. The van der Waals surface area contributed by atoms with Crippen LogP contribution in [0.1, 0.15) is 25.0 Å². The molecule has 2 rings (SSSR count). The van der Waals surface area contributed by atoms with Gasteiger partial charge in [-0.05, 0) is 26.2 Å². The highest BCUT2D eigenvalue weighted by atomic mass is 32.2. The van der Waals surface area contributed by atoms with Crippen LogP contribution in [0.15, 0.2) is 4.21 Å². The van der Waals surface area contributed by atoms with Crippen LogP contribution in [0, 0.1) is 6.92 Å². The highest BCUT2D eigenvalue weighted by Gasteiger charge is 2.22. The maximum atomic E-state index is 12.0. The normalized spacial score (nSPS) is 20.4. The first-order valence-electron chi connectivity index (χ1n) is 5.83. The fraction of sp³-hybridized carbons (Fsp3) is 0.700. The SMILES string of the molecule is Cc1nc(N)sc1S(=O)(=O)NCCC1CCCO1. The van der Waals surface area contributed by atoms with Crippen molar-refractivity contribution in [2.45, 2.75) is 36.5 Å². The first-order valence-corrected chi connectivity index (χ1v) is 8.13. The van der Waals surface area contributed by atoms with E-state index in [-0.39, 0.29) is 15.4 Å². The third kappa shape index (κ3) is 3.19. The summed E-state index contributed by atoms with van der Waals surface area (Å²) in [6.07, 6.45) is 2.95. The minimum Gasteiger partial charge on any atom is -0.378 e. The van der Waals surface area contributed by atoms with Gasteiger partial charge in [0.2, 0.25) is 0 Å². The summed E-state index contributed by atoms with van der Waals surface area (Å²) in [6, 6.07) is 0. The van der Waals surface area contributed by atoms with Crippen molar-refractivity contribution in [3.05, 3.63) is 5.69 Å². The molecule has 1 atom stereocenters. The first-order chi connectivity index (χ1) is 8.49. The summed E-state index contributed by atoms with van der Waals surface area (Å²) in [4.78, 5) is 3.92. The van der Waals surface area contributed by atoms with Gasteiger partial charge in [0.1, 0.15) is 0 Å². The molecule has 1 aliphatic rings.